The molecule has 3 amide bonds. The van der Waals surface area contributed by atoms with Crippen molar-refractivity contribution in [3.8, 4) is 5.75 Å². The second kappa shape index (κ2) is 11.4. The van der Waals surface area contributed by atoms with Gasteiger partial charge in [-0.15, -0.1) is 11.3 Å². The first-order chi connectivity index (χ1) is 18.5. The molecule has 5 rings (SSSR count). The van der Waals surface area contributed by atoms with E-state index < -0.39 is 11.8 Å². The van der Waals surface area contributed by atoms with E-state index in [1.54, 1.807) is 47.6 Å². The van der Waals surface area contributed by atoms with Crippen LogP contribution in [0, 0.1) is 0 Å². The molecule has 2 aliphatic rings. The molecule has 38 heavy (non-hydrogen) atoms. The number of nitrogens with zero attached hydrogens (tertiary/aromatic N) is 2. The van der Waals surface area contributed by atoms with Gasteiger partial charge in [0, 0.05) is 42.9 Å². The van der Waals surface area contributed by atoms with Gasteiger partial charge in [-0.1, -0.05) is 36.4 Å². The summed E-state index contributed by atoms with van der Waals surface area (Å²) in [7, 11) is 1.57. The van der Waals surface area contributed by atoms with Crippen LogP contribution in [0.1, 0.15) is 33.6 Å². The summed E-state index contributed by atoms with van der Waals surface area (Å²) in [6.45, 7) is 1.37. The highest BCUT2D eigenvalue weighted by atomic mass is 32.1. The highest BCUT2D eigenvalue weighted by molar-refractivity contribution is 7.10. The molecule has 0 unspecified atom stereocenters. The van der Waals surface area contributed by atoms with Gasteiger partial charge in [-0.25, -0.2) is 0 Å². The van der Waals surface area contributed by atoms with Crippen molar-refractivity contribution in [2.24, 2.45) is 0 Å². The number of piperidine rings is 1. The number of amides is 3. The number of ether oxygens (including phenoxy) is 2. The van der Waals surface area contributed by atoms with Gasteiger partial charge in [-0.3, -0.25) is 19.3 Å². The molecule has 198 valence electrons. The Bertz CT molecular complexity index is 1260. The lowest BCUT2D eigenvalue weighted by Gasteiger charge is -2.44. The minimum atomic E-state index is -0.953. The van der Waals surface area contributed by atoms with Crippen LogP contribution in [0.5, 0.6) is 5.75 Å². The van der Waals surface area contributed by atoms with Gasteiger partial charge in [0.2, 0.25) is 11.8 Å². The standard InChI is InChI=1S/C29H31N3O5S/c1-36-23-11-9-22(10-12-23)28(35)32-25(27(34)30-19-21-6-3-2-4-7-21)20-37-29(32)13-15-31(16-14-29)26(33)18-24-8-5-17-38-24/h2-12,17,25H,13-16,18-20H2,1H3,(H,30,34)/t25-/m0/s1. The van der Waals surface area contributed by atoms with Crippen molar-refractivity contribution in [2.75, 3.05) is 26.8 Å². The van der Waals surface area contributed by atoms with Crippen LogP contribution in [0.4, 0.5) is 0 Å². The number of hydrogen-bond donors (Lipinski definition) is 1. The van der Waals surface area contributed by atoms with Gasteiger partial charge < -0.3 is 19.7 Å². The summed E-state index contributed by atoms with van der Waals surface area (Å²) in [5.74, 6) is 0.168. The Morgan fingerprint density at radius 2 is 1.76 bits per heavy atom. The van der Waals surface area contributed by atoms with Crippen molar-refractivity contribution in [1.29, 1.82) is 0 Å². The Morgan fingerprint density at radius 1 is 1.03 bits per heavy atom. The zero-order valence-corrected chi connectivity index (χ0v) is 22.1. The third kappa shape index (κ3) is 5.44. The SMILES string of the molecule is COc1ccc(C(=O)N2[C@H](C(=O)NCc3ccccc3)COC23CCN(C(=O)Cc2cccs2)CC3)cc1. The molecule has 2 fully saturated rings. The quantitative estimate of drug-likeness (QED) is 0.503. The highest BCUT2D eigenvalue weighted by Gasteiger charge is 2.54. The van der Waals surface area contributed by atoms with Gasteiger partial charge >= 0.3 is 0 Å². The van der Waals surface area contributed by atoms with Crippen molar-refractivity contribution in [2.45, 2.75) is 37.6 Å². The molecule has 2 aliphatic heterocycles. The Morgan fingerprint density at radius 3 is 2.42 bits per heavy atom. The van der Waals surface area contributed by atoms with Crippen LogP contribution in [-0.4, -0.2) is 66.1 Å². The minimum absolute atomic E-state index is 0.0606. The first-order valence-corrected chi connectivity index (χ1v) is 13.6. The molecule has 8 nitrogen and oxygen atoms in total. The van der Waals surface area contributed by atoms with E-state index in [9.17, 15) is 14.4 Å². The molecule has 3 aromatic rings. The zero-order valence-electron chi connectivity index (χ0n) is 21.3. The molecule has 0 bridgehead atoms. The molecule has 2 aromatic carbocycles. The maximum absolute atomic E-state index is 13.9. The Hall–Kier alpha value is -3.69. The normalized spacial score (nSPS) is 18.4. The lowest BCUT2D eigenvalue weighted by Crippen LogP contribution is -2.59. The Kier molecular flexibility index (Phi) is 7.76. The zero-order chi connectivity index (χ0) is 26.5. The first-order valence-electron chi connectivity index (χ1n) is 12.7. The Balaban J connectivity index is 1.34. The number of carbonyl (C=O) groups is 3. The third-order valence-corrected chi connectivity index (χ3v) is 8.11. The van der Waals surface area contributed by atoms with E-state index in [2.05, 4.69) is 5.32 Å². The summed E-state index contributed by atoms with van der Waals surface area (Å²) < 4.78 is 11.5. The minimum Gasteiger partial charge on any atom is -0.497 e. The summed E-state index contributed by atoms with van der Waals surface area (Å²) in [5, 5.41) is 4.94. The van der Waals surface area contributed by atoms with Gasteiger partial charge in [0.15, 0.2) is 0 Å². The summed E-state index contributed by atoms with van der Waals surface area (Å²) in [6.07, 6.45) is 1.24. The molecular weight excluding hydrogens is 502 g/mol. The summed E-state index contributed by atoms with van der Waals surface area (Å²) in [5.41, 5.74) is 0.471. The fraction of sp³-hybridized carbons (Fsp3) is 0.345. The molecule has 1 aromatic heterocycles. The van der Waals surface area contributed by atoms with E-state index >= 15 is 0 Å². The van der Waals surface area contributed by atoms with Crippen LogP contribution in [0.15, 0.2) is 72.1 Å². The van der Waals surface area contributed by atoms with Crippen molar-refractivity contribution in [3.05, 3.63) is 88.1 Å². The summed E-state index contributed by atoms with van der Waals surface area (Å²) >= 11 is 1.57. The van der Waals surface area contributed by atoms with Crippen molar-refractivity contribution in [3.63, 3.8) is 0 Å². The summed E-state index contributed by atoms with van der Waals surface area (Å²) in [6, 6.07) is 19.6. The number of nitrogens with one attached hydrogen (secondary N) is 1. The predicted octanol–water partition coefficient (Wildman–Crippen LogP) is 3.48. The van der Waals surface area contributed by atoms with E-state index in [0.717, 1.165) is 10.4 Å². The van der Waals surface area contributed by atoms with Crippen LogP contribution >= 0.6 is 11.3 Å². The molecule has 0 aliphatic carbocycles. The van der Waals surface area contributed by atoms with Crippen LogP contribution in [0.3, 0.4) is 0 Å². The van der Waals surface area contributed by atoms with Crippen LogP contribution in [0.25, 0.3) is 0 Å². The number of carbonyl (C=O) groups excluding carboxylic acids is 3. The number of methoxy groups -OCH3 is 1. The number of likely N-dealkylation sites (tertiary alicyclic amines) is 1. The molecular formula is C29H31N3O5S. The highest BCUT2D eigenvalue weighted by Crippen LogP contribution is 2.39. The Labute approximate surface area is 226 Å². The molecule has 1 N–H and O–H groups in total. The molecule has 2 saturated heterocycles. The van der Waals surface area contributed by atoms with Crippen LogP contribution in [-0.2, 0) is 27.3 Å². The molecule has 9 heteroatoms. The monoisotopic (exact) mass is 533 g/mol. The molecule has 0 radical (unpaired) electrons. The average Bonchev–Trinajstić information content (AvgIpc) is 3.60. The van der Waals surface area contributed by atoms with Gasteiger partial charge in [-0.2, -0.15) is 0 Å². The maximum atomic E-state index is 13.9. The number of thiophene rings is 1. The van der Waals surface area contributed by atoms with Gasteiger partial charge in [0.1, 0.15) is 17.5 Å². The van der Waals surface area contributed by atoms with E-state index in [1.165, 1.54) is 0 Å². The van der Waals surface area contributed by atoms with Crippen molar-refractivity contribution in [1.82, 2.24) is 15.1 Å². The summed E-state index contributed by atoms with van der Waals surface area (Å²) in [4.78, 5) is 44.6. The fourth-order valence-electron chi connectivity index (χ4n) is 5.12. The molecule has 3 heterocycles. The number of rotatable bonds is 7. The predicted molar refractivity (Wildman–Crippen MR) is 144 cm³/mol. The average molecular weight is 534 g/mol. The molecule has 1 atom stereocenters. The van der Waals surface area contributed by atoms with Gasteiger partial charge in [0.25, 0.3) is 5.91 Å². The molecule has 0 saturated carbocycles. The first kappa shape index (κ1) is 25.9. The van der Waals surface area contributed by atoms with Crippen LogP contribution in [0.2, 0.25) is 0 Å². The van der Waals surface area contributed by atoms with E-state index in [1.807, 2.05) is 52.7 Å². The van der Waals surface area contributed by atoms with Crippen molar-refractivity contribution < 1.29 is 23.9 Å². The smallest absolute Gasteiger partial charge is 0.256 e. The topological polar surface area (TPSA) is 88.2 Å². The largest absolute Gasteiger partial charge is 0.497 e. The van der Waals surface area contributed by atoms with Crippen molar-refractivity contribution >= 4 is 29.1 Å². The van der Waals surface area contributed by atoms with Gasteiger partial charge in [-0.05, 0) is 41.3 Å². The molecule has 1 spiro atoms. The third-order valence-electron chi connectivity index (χ3n) is 7.23. The number of hydrogen-bond acceptors (Lipinski definition) is 6. The lowest BCUT2D eigenvalue weighted by atomic mass is 9.96. The van der Waals surface area contributed by atoms with Gasteiger partial charge in [0.05, 0.1) is 20.1 Å². The lowest BCUT2D eigenvalue weighted by molar-refractivity contribution is -0.143. The maximum Gasteiger partial charge on any atom is 0.256 e. The van der Waals surface area contributed by atoms with E-state index in [-0.39, 0.29) is 24.3 Å². The van der Waals surface area contributed by atoms with E-state index in [4.69, 9.17) is 9.47 Å². The second-order valence-corrected chi connectivity index (χ2v) is 10.5. The van der Waals surface area contributed by atoms with E-state index in [0.29, 0.717) is 50.2 Å². The second-order valence-electron chi connectivity index (χ2n) is 9.52. The number of benzene rings is 2. The van der Waals surface area contributed by atoms with Crippen LogP contribution < -0.4 is 10.1 Å². The fourth-order valence-corrected chi connectivity index (χ4v) is 5.82.